The molecule has 0 fully saturated rings. The van der Waals surface area contributed by atoms with E-state index in [0.717, 1.165) is 4.90 Å². The molecule has 3 N–H and O–H groups in total. The number of benzene rings is 1. The standard InChI is InChI=1S/C19H27N3O6/c1-14-5-3-6-15(21-8-11-28-12-10-24)17(14)19(27)22(13-25)16(7-4-9-23)18(26)20-2/h3,5-6,9,13,16,21,24H,4,7-8,10-12H2,1-2H3,(H,20,26). The molecule has 0 radical (unpaired) electrons. The third-order valence-electron chi connectivity index (χ3n) is 4.07. The molecule has 0 spiro atoms. The van der Waals surface area contributed by atoms with Crippen molar-refractivity contribution in [2.75, 3.05) is 38.7 Å². The highest BCUT2D eigenvalue weighted by Crippen LogP contribution is 2.23. The second kappa shape index (κ2) is 12.6. The van der Waals surface area contributed by atoms with Gasteiger partial charge in [0.25, 0.3) is 5.91 Å². The zero-order valence-electron chi connectivity index (χ0n) is 16.1. The minimum Gasteiger partial charge on any atom is -0.394 e. The third kappa shape index (κ3) is 6.43. The Bertz CT molecular complexity index is 680. The van der Waals surface area contributed by atoms with E-state index in [1.807, 2.05) is 0 Å². The maximum atomic E-state index is 13.1. The smallest absolute Gasteiger partial charge is 0.263 e. The number of likely N-dealkylation sites (N-methyl/N-ethyl adjacent to an activating group) is 1. The molecule has 0 aliphatic rings. The molecule has 0 saturated heterocycles. The molecule has 154 valence electrons. The Kier molecular flexibility index (Phi) is 10.4. The predicted octanol–water partition coefficient (Wildman–Crippen LogP) is 0.108. The van der Waals surface area contributed by atoms with Crippen LogP contribution in [0.4, 0.5) is 5.69 Å². The number of aryl methyl sites for hydroxylation is 1. The van der Waals surface area contributed by atoms with Gasteiger partial charge in [-0.1, -0.05) is 12.1 Å². The molecular formula is C19H27N3O6. The summed E-state index contributed by atoms with van der Waals surface area (Å²) >= 11 is 0. The Balaban J connectivity index is 3.10. The lowest BCUT2D eigenvalue weighted by Crippen LogP contribution is -2.48. The Labute approximate surface area is 164 Å². The van der Waals surface area contributed by atoms with Crippen molar-refractivity contribution in [3.8, 4) is 0 Å². The highest BCUT2D eigenvalue weighted by atomic mass is 16.5. The molecule has 1 atom stereocenters. The molecule has 0 bridgehead atoms. The molecule has 0 heterocycles. The summed E-state index contributed by atoms with van der Waals surface area (Å²) in [6.45, 7) is 2.56. The first kappa shape index (κ1) is 23.3. The Morgan fingerprint density at radius 3 is 2.64 bits per heavy atom. The van der Waals surface area contributed by atoms with E-state index in [1.165, 1.54) is 7.05 Å². The number of aliphatic hydroxyl groups excluding tert-OH is 1. The third-order valence-corrected chi connectivity index (χ3v) is 4.07. The van der Waals surface area contributed by atoms with Crippen molar-refractivity contribution < 1.29 is 29.0 Å². The van der Waals surface area contributed by atoms with Gasteiger partial charge in [0, 0.05) is 25.7 Å². The molecule has 28 heavy (non-hydrogen) atoms. The summed E-state index contributed by atoms with van der Waals surface area (Å²) in [5.74, 6) is -1.16. The van der Waals surface area contributed by atoms with Gasteiger partial charge in [0.15, 0.2) is 0 Å². The van der Waals surface area contributed by atoms with Crippen molar-refractivity contribution in [1.82, 2.24) is 10.2 Å². The van der Waals surface area contributed by atoms with Crippen LogP contribution in [0.15, 0.2) is 18.2 Å². The number of rotatable bonds is 13. The van der Waals surface area contributed by atoms with Gasteiger partial charge < -0.3 is 25.3 Å². The number of hydrogen-bond donors (Lipinski definition) is 3. The second-order valence-corrected chi connectivity index (χ2v) is 5.95. The largest absolute Gasteiger partial charge is 0.394 e. The molecule has 1 aromatic carbocycles. The van der Waals surface area contributed by atoms with E-state index in [9.17, 15) is 19.2 Å². The van der Waals surface area contributed by atoms with Crippen LogP contribution in [0.5, 0.6) is 0 Å². The van der Waals surface area contributed by atoms with E-state index in [0.29, 0.717) is 37.1 Å². The monoisotopic (exact) mass is 393 g/mol. The van der Waals surface area contributed by atoms with Gasteiger partial charge in [-0.05, 0) is 25.0 Å². The van der Waals surface area contributed by atoms with E-state index in [1.54, 1.807) is 25.1 Å². The van der Waals surface area contributed by atoms with Gasteiger partial charge in [-0.2, -0.15) is 0 Å². The summed E-state index contributed by atoms with van der Waals surface area (Å²) < 4.78 is 5.18. The average molecular weight is 393 g/mol. The van der Waals surface area contributed by atoms with Crippen LogP contribution in [0.25, 0.3) is 0 Å². The number of imide groups is 1. The van der Waals surface area contributed by atoms with Crippen molar-refractivity contribution in [2.24, 2.45) is 0 Å². The van der Waals surface area contributed by atoms with Crippen molar-refractivity contribution >= 4 is 30.2 Å². The zero-order valence-corrected chi connectivity index (χ0v) is 16.1. The molecular weight excluding hydrogens is 366 g/mol. The first-order valence-corrected chi connectivity index (χ1v) is 8.97. The lowest BCUT2D eigenvalue weighted by Gasteiger charge is -2.26. The molecule has 1 unspecified atom stereocenters. The molecule has 0 saturated carbocycles. The maximum absolute atomic E-state index is 13.1. The van der Waals surface area contributed by atoms with Gasteiger partial charge in [-0.15, -0.1) is 0 Å². The van der Waals surface area contributed by atoms with E-state index < -0.39 is 17.9 Å². The second-order valence-electron chi connectivity index (χ2n) is 5.95. The number of aldehydes is 1. The van der Waals surface area contributed by atoms with E-state index in [4.69, 9.17) is 9.84 Å². The normalized spacial score (nSPS) is 11.4. The lowest BCUT2D eigenvalue weighted by atomic mass is 10.0. The average Bonchev–Trinajstić information content (AvgIpc) is 2.70. The van der Waals surface area contributed by atoms with E-state index >= 15 is 0 Å². The fourth-order valence-corrected chi connectivity index (χ4v) is 2.70. The molecule has 0 aliphatic carbocycles. The summed E-state index contributed by atoms with van der Waals surface area (Å²) in [6.07, 6.45) is 1.03. The predicted molar refractivity (Wildman–Crippen MR) is 103 cm³/mol. The number of anilines is 1. The van der Waals surface area contributed by atoms with Crippen LogP contribution in [0, 0.1) is 6.92 Å². The molecule has 9 nitrogen and oxygen atoms in total. The fraction of sp³-hybridized carbons (Fsp3) is 0.474. The quantitative estimate of drug-likeness (QED) is 0.321. The first-order valence-electron chi connectivity index (χ1n) is 8.97. The minimum absolute atomic E-state index is 0.0385. The van der Waals surface area contributed by atoms with Crippen molar-refractivity contribution in [3.05, 3.63) is 29.3 Å². The summed E-state index contributed by atoms with van der Waals surface area (Å²) in [5, 5.41) is 14.2. The lowest BCUT2D eigenvalue weighted by molar-refractivity contribution is -0.131. The van der Waals surface area contributed by atoms with E-state index in [2.05, 4.69) is 10.6 Å². The molecule has 9 heteroatoms. The topological polar surface area (TPSA) is 125 Å². The number of carbonyl (C=O) groups excluding carboxylic acids is 4. The molecule has 1 rings (SSSR count). The Hall–Kier alpha value is -2.78. The number of aliphatic hydroxyl groups is 1. The summed E-state index contributed by atoms with van der Waals surface area (Å²) in [6, 6.07) is 4.09. The molecule has 1 aromatic rings. The minimum atomic E-state index is -1.08. The van der Waals surface area contributed by atoms with Gasteiger partial charge in [0.05, 0.1) is 25.4 Å². The van der Waals surface area contributed by atoms with Crippen LogP contribution >= 0.6 is 0 Å². The number of nitrogens with one attached hydrogen (secondary N) is 2. The van der Waals surface area contributed by atoms with Crippen molar-refractivity contribution in [2.45, 2.75) is 25.8 Å². The number of amides is 3. The highest BCUT2D eigenvalue weighted by molar-refractivity contribution is 6.07. The highest BCUT2D eigenvalue weighted by Gasteiger charge is 2.31. The Morgan fingerprint density at radius 1 is 1.29 bits per heavy atom. The van der Waals surface area contributed by atoms with Crippen LogP contribution in [0.3, 0.4) is 0 Å². The number of ether oxygens (including phenoxy) is 1. The van der Waals surface area contributed by atoms with E-state index in [-0.39, 0.29) is 31.6 Å². The fourth-order valence-electron chi connectivity index (χ4n) is 2.70. The van der Waals surface area contributed by atoms with Crippen LogP contribution in [-0.4, -0.2) is 74.0 Å². The van der Waals surface area contributed by atoms with Gasteiger partial charge in [-0.3, -0.25) is 19.3 Å². The first-order chi connectivity index (χ1) is 13.5. The molecule has 0 aliphatic heterocycles. The van der Waals surface area contributed by atoms with Gasteiger partial charge in [0.1, 0.15) is 12.3 Å². The van der Waals surface area contributed by atoms with Crippen LogP contribution in [0.2, 0.25) is 0 Å². The number of nitrogens with zero attached hydrogens (tertiary/aromatic N) is 1. The molecule has 3 amide bonds. The van der Waals surface area contributed by atoms with Crippen molar-refractivity contribution in [3.63, 3.8) is 0 Å². The van der Waals surface area contributed by atoms with Crippen LogP contribution < -0.4 is 10.6 Å². The summed E-state index contributed by atoms with van der Waals surface area (Å²) in [5.41, 5.74) is 1.39. The summed E-state index contributed by atoms with van der Waals surface area (Å²) in [4.78, 5) is 48.5. The van der Waals surface area contributed by atoms with Gasteiger partial charge >= 0.3 is 0 Å². The zero-order chi connectivity index (χ0) is 20.9. The number of carbonyl (C=O) groups is 4. The summed E-state index contributed by atoms with van der Waals surface area (Å²) in [7, 11) is 1.40. The molecule has 0 aromatic heterocycles. The SMILES string of the molecule is CNC(=O)C(CCC=O)N(C=O)C(=O)c1c(C)cccc1NCCOCCO. The Morgan fingerprint density at radius 2 is 2.04 bits per heavy atom. The van der Waals surface area contributed by atoms with Crippen molar-refractivity contribution in [1.29, 1.82) is 0 Å². The van der Waals surface area contributed by atoms with Gasteiger partial charge in [0.2, 0.25) is 12.3 Å². The van der Waals surface area contributed by atoms with Crippen LogP contribution in [-0.2, 0) is 19.1 Å². The van der Waals surface area contributed by atoms with Gasteiger partial charge in [-0.25, -0.2) is 0 Å². The van der Waals surface area contributed by atoms with Crippen LogP contribution in [0.1, 0.15) is 28.8 Å². The number of hydrogen-bond acceptors (Lipinski definition) is 7. The maximum Gasteiger partial charge on any atom is 0.263 e.